The molecule has 0 aromatic rings. The van der Waals surface area contributed by atoms with E-state index in [0.29, 0.717) is 26.3 Å². The van der Waals surface area contributed by atoms with Crippen LogP contribution in [0.25, 0.3) is 0 Å². The van der Waals surface area contributed by atoms with E-state index in [9.17, 15) is 4.79 Å². The fraction of sp³-hybridized carbons (Fsp3) is 0.929. The lowest BCUT2D eigenvalue weighted by atomic mass is 10.2. The summed E-state index contributed by atoms with van der Waals surface area (Å²) in [7, 11) is 0. The number of amides is 1. The fourth-order valence-electron chi connectivity index (χ4n) is 1.99. The second-order valence-electron chi connectivity index (χ2n) is 4.93. The number of nitrogens with one attached hydrogen (secondary N) is 1. The molecule has 1 rings (SSSR count). The van der Waals surface area contributed by atoms with E-state index in [1.807, 2.05) is 11.8 Å². The summed E-state index contributed by atoms with van der Waals surface area (Å²) in [6, 6.07) is -0.117. The first-order valence-electron chi connectivity index (χ1n) is 7.43. The molecule has 1 saturated heterocycles. The monoisotopic (exact) mass is 272 g/mol. The van der Waals surface area contributed by atoms with Crippen LogP contribution in [-0.2, 0) is 14.3 Å². The maximum Gasteiger partial charge on any atom is 0.239 e. The molecule has 1 heterocycles. The number of hydrogen-bond acceptors (Lipinski definition) is 4. The van der Waals surface area contributed by atoms with Crippen LogP contribution in [0, 0.1) is 0 Å². The summed E-state index contributed by atoms with van der Waals surface area (Å²) in [5.41, 5.74) is 0. The van der Waals surface area contributed by atoms with E-state index in [2.05, 4.69) is 12.2 Å². The van der Waals surface area contributed by atoms with E-state index >= 15 is 0 Å². The van der Waals surface area contributed by atoms with Crippen molar-refractivity contribution in [3.63, 3.8) is 0 Å². The number of carbonyl (C=O) groups excluding carboxylic acids is 1. The number of carbonyl (C=O) groups is 1. The Kier molecular flexibility index (Phi) is 8.79. The van der Waals surface area contributed by atoms with E-state index in [1.54, 1.807) is 0 Å². The van der Waals surface area contributed by atoms with Crippen molar-refractivity contribution in [2.24, 2.45) is 0 Å². The average molecular weight is 272 g/mol. The molecule has 5 heteroatoms. The summed E-state index contributed by atoms with van der Waals surface area (Å²) in [5.74, 6) is 0.176. The van der Waals surface area contributed by atoms with Crippen LogP contribution in [0.2, 0.25) is 0 Å². The Hall–Kier alpha value is -0.650. The normalized spacial score (nSPS) is 17.5. The molecule has 1 N–H and O–H groups in total. The topological polar surface area (TPSA) is 50.8 Å². The van der Waals surface area contributed by atoms with Crippen molar-refractivity contribution in [3.05, 3.63) is 0 Å². The lowest BCUT2D eigenvalue weighted by Crippen LogP contribution is -2.49. The molecule has 0 aliphatic carbocycles. The van der Waals surface area contributed by atoms with Gasteiger partial charge in [-0.3, -0.25) is 4.79 Å². The van der Waals surface area contributed by atoms with Crippen LogP contribution in [0.3, 0.4) is 0 Å². The summed E-state index contributed by atoms with van der Waals surface area (Å²) in [5, 5.41) is 3.26. The Bertz CT molecular complexity index is 243. The third-order valence-electron chi connectivity index (χ3n) is 3.25. The molecule has 1 unspecified atom stereocenters. The van der Waals surface area contributed by atoms with Gasteiger partial charge in [0.25, 0.3) is 0 Å². The Morgan fingerprint density at radius 1 is 1.32 bits per heavy atom. The molecule has 1 atom stereocenters. The zero-order chi connectivity index (χ0) is 13.9. The Morgan fingerprint density at radius 2 is 2.00 bits per heavy atom. The van der Waals surface area contributed by atoms with Gasteiger partial charge in [0.15, 0.2) is 0 Å². The maximum absolute atomic E-state index is 12.1. The van der Waals surface area contributed by atoms with E-state index < -0.39 is 0 Å². The van der Waals surface area contributed by atoms with Gasteiger partial charge in [-0.05, 0) is 26.3 Å². The third-order valence-corrected chi connectivity index (χ3v) is 3.25. The second-order valence-corrected chi connectivity index (χ2v) is 4.93. The number of rotatable bonds is 9. The van der Waals surface area contributed by atoms with E-state index in [1.165, 1.54) is 6.42 Å². The molecule has 0 aromatic heterocycles. The second kappa shape index (κ2) is 10.2. The molecule has 1 amide bonds. The van der Waals surface area contributed by atoms with Gasteiger partial charge in [0.1, 0.15) is 0 Å². The van der Waals surface area contributed by atoms with Crippen molar-refractivity contribution >= 4 is 5.91 Å². The Morgan fingerprint density at radius 3 is 2.68 bits per heavy atom. The van der Waals surface area contributed by atoms with Crippen molar-refractivity contribution in [1.29, 1.82) is 0 Å². The van der Waals surface area contributed by atoms with Crippen molar-refractivity contribution in [2.45, 2.75) is 39.2 Å². The van der Waals surface area contributed by atoms with Gasteiger partial charge in [0.05, 0.1) is 19.3 Å². The molecule has 1 aliphatic rings. The minimum absolute atomic E-state index is 0.117. The van der Waals surface area contributed by atoms with Crippen LogP contribution in [0.5, 0.6) is 0 Å². The van der Waals surface area contributed by atoms with Gasteiger partial charge in [0.2, 0.25) is 5.91 Å². The van der Waals surface area contributed by atoms with Crippen molar-refractivity contribution in [2.75, 3.05) is 46.1 Å². The van der Waals surface area contributed by atoms with E-state index in [4.69, 9.17) is 9.47 Å². The highest BCUT2D eigenvalue weighted by atomic mass is 16.5. The molecule has 19 heavy (non-hydrogen) atoms. The zero-order valence-electron chi connectivity index (χ0n) is 12.3. The van der Waals surface area contributed by atoms with Crippen LogP contribution in [0.15, 0.2) is 0 Å². The standard InChI is InChI=1S/C14H28N2O3/c1-3-4-9-18-10-5-6-15-13(2)14(17)16-7-11-19-12-8-16/h13,15H,3-12H2,1-2H3. The van der Waals surface area contributed by atoms with Gasteiger partial charge < -0.3 is 19.7 Å². The SMILES string of the molecule is CCCCOCCCNC(C)C(=O)N1CCOCC1. The molecular formula is C14H28N2O3. The Labute approximate surface area is 116 Å². The minimum atomic E-state index is -0.117. The molecule has 1 aliphatic heterocycles. The summed E-state index contributed by atoms with van der Waals surface area (Å²) >= 11 is 0. The molecule has 0 radical (unpaired) electrons. The minimum Gasteiger partial charge on any atom is -0.381 e. The van der Waals surface area contributed by atoms with Gasteiger partial charge in [-0.25, -0.2) is 0 Å². The lowest BCUT2D eigenvalue weighted by Gasteiger charge is -2.29. The highest BCUT2D eigenvalue weighted by Crippen LogP contribution is 2.00. The molecule has 0 saturated carbocycles. The van der Waals surface area contributed by atoms with Crippen molar-refractivity contribution < 1.29 is 14.3 Å². The molecule has 0 bridgehead atoms. The van der Waals surface area contributed by atoms with Gasteiger partial charge in [0, 0.05) is 26.3 Å². The van der Waals surface area contributed by atoms with E-state index in [-0.39, 0.29) is 11.9 Å². The number of unbranched alkanes of at least 4 members (excludes halogenated alkanes) is 1. The number of nitrogens with zero attached hydrogens (tertiary/aromatic N) is 1. The van der Waals surface area contributed by atoms with Crippen LogP contribution >= 0.6 is 0 Å². The zero-order valence-corrected chi connectivity index (χ0v) is 12.3. The predicted octanol–water partition coefficient (Wildman–Crippen LogP) is 1.03. The van der Waals surface area contributed by atoms with Crippen molar-refractivity contribution in [3.8, 4) is 0 Å². The summed E-state index contributed by atoms with van der Waals surface area (Å²) in [4.78, 5) is 14.0. The quantitative estimate of drug-likeness (QED) is 0.637. The largest absolute Gasteiger partial charge is 0.381 e. The number of hydrogen-bond donors (Lipinski definition) is 1. The summed E-state index contributed by atoms with van der Waals surface area (Å²) in [6.07, 6.45) is 3.24. The molecule has 0 aromatic carbocycles. The smallest absolute Gasteiger partial charge is 0.239 e. The average Bonchev–Trinajstić information content (AvgIpc) is 2.46. The predicted molar refractivity (Wildman–Crippen MR) is 75.2 cm³/mol. The molecule has 1 fully saturated rings. The molecule has 112 valence electrons. The highest BCUT2D eigenvalue weighted by molar-refractivity contribution is 5.81. The third kappa shape index (κ3) is 6.89. The number of morpholine rings is 1. The van der Waals surface area contributed by atoms with Gasteiger partial charge in [-0.2, -0.15) is 0 Å². The van der Waals surface area contributed by atoms with Crippen molar-refractivity contribution in [1.82, 2.24) is 10.2 Å². The number of ether oxygens (including phenoxy) is 2. The maximum atomic E-state index is 12.1. The van der Waals surface area contributed by atoms with Crippen LogP contribution in [-0.4, -0.2) is 62.9 Å². The summed E-state index contributed by atoms with van der Waals surface area (Å²) < 4.78 is 10.7. The van der Waals surface area contributed by atoms with Crippen LogP contribution < -0.4 is 5.32 Å². The Balaban J connectivity index is 2.03. The molecular weight excluding hydrogens is 244 g/mol. The van der Waals surface area contributed by atoms with E-state index in [0.717, 1.165) is 32.6 Å². The van der Waals surface area contributed by atoms with Gasteiger partial charge in [-0.15, -0.1) is 0 Å². The first-order valence-corrected chi connectivity index (χ1v) is 7.43. The first kappa shape index (κ1) is 16.4. The van der Waals surface area contributed by atoms with Gasteiger partial charge in [-0.1, -0.05) is 13.3 Å². The highest BCUT2D eigenvalue weighted by Gasteiger charge is 2.21. The van der Waals surface area contributed by atoms with Crippen LogP contribution in [0.4, 0.5) is 0 Å². The first-order chi connectivity index (χ1) is 9.25. The van der Waals surface area contributed by atoms with Gasteiger partial charge >= 0.3 is 0 Å². The fourth-order valence-corrected chi connectivity index (χ4v) is 1.99. The van der Waals surface area contributed by atoms with Crippen LogP contribution in [0.1, 0.15) is 33.1 Å². The lowest BCUT2D eigenvalue weighted by molar-refractivity contribution is -0.137. The summed E-state index contributed by atoms with van der Waals surface area (Å²) in [6.45, 7) is 9.26. The molecule has 0 spiro atoms. The molecule has 5 nitrogen and oxygen atoms in total.